The first kappa shape index (κ1) is 9.98. The molecular formula is C2H9NO3S. The molecule has 0 amide bonds. The number of rotatable bonds is 1. The fraction of sp³-hybridized carbons (Fsp3) is 1.00. The first-order valence-corrected chi connectivity index (χ1v) is 2.96. The van der Waals surface area contributed by atoms with E-state index in [1.54, 1.807) is 0 Å². The van der Waals surface area contributed by atoms with Crippen LogP contribution in [0.25, 0.3) is 0 Å². The summed E-state index contributed by atoms with van der Waals surface area (Å²) in [5.41, 5.74) is 0. The fourth-order valence-corrected chi connectivity index (χ4v) is 0. The largest absolute Gasteiger partial charge is 0.280 e. The Bertz CT molecular complexity index is 115. The van der Waals surface area contributed by atoms with Gasteiger partial charge in [-0.05, 0) is 0 Å². The second-order valence-corrected chi connectivity index (χ2v) is 2.40. The van der Waals surface area contributed by atoms with Crippen LogP contribution >= 0.6 is 0 Å². The third-order valence-electron chi connectivity index (χ3n) is 0.175. The SMILES string of the molecule is C.CS(=O)(=O)ON. The van der Waals surface area contributed by atoms with Crippen molar-refractivity contribution >= 4 is 10.1 Å². The van der Waals surface area contributed by atoms with E-state index in [0.29, 0.717) is 0 Å². The molecular weight excluding hydrogens is 118 g/mol. The van der Waals surface area contributed by atoms with Gasteiger partial charge in [-0.3, -0.25) is 0 Å². The maximum atomic E-state index is 9.65. The highest BCUT2D eigenvalue weighted by Crippen LogP contribution is 1.72. The molecule has 0 aromatic rings. The van der Waals surface area contributed by atoms with E-state index in [9.17, 15) is 8.42 Å². The molecule has 0 bridgehead atoms. The van der Waals surface area contributed by atoms with Crippen LogP contribution in [0.4, 0.5) is 0 Å². The highest BCUT2D eigenvalue weighted by Gasteiger charge is 1.91. The predicted octanol–water partition coefficient (Wildman–Crippen LogP) is -0.528. The molecule has 5 heteroatoms. The van der Waals surface area contributed by atoms with Crippen molar-refractivity contribution in [1.29, 1.82) is 0 Å². The standard InChI is InChI=1S/CH5NO3S.CH4/c1-6(3,4)5-2;/h2H2,1H3;1H4. The summed E-state index contributed by atoms with van der Waals surface area (Å²) in [7, 11) is -3.38. The van der Waals surface area contributed by atoms with Gasteiger partial charge in [-0.2, -0.15) is 18.6 Å². The molecule has 0 radical (unpaired) electrons. The molecule has 0 rings (SSSR count). The van der Waals surface area contributed by atoms with Crippen LogP contribution in [-0.2, 0) is 14.4 Å². The summed E-state index contributed by atoms with van der Waals surface area (Å²) in [6, 6.07) is 0. The molecule has 0 heterocycles. The summed E-state index contributed by atoms with van der Waals surface area (Å²) in [4.78, 5) is 0. The number of hydrogen-bond donors (Lipinski definition) is 1. The first-order valence-electron chi connectivity index (χ1n) is 1.14. The van der Waals surface area contributed by atoms with Crippen LogP contribution in [0.1, 0.15) is 7.43 Å². The van der Waals surface area contributed by atoms with Gasteiger partial charge in [0.25, 0.3) is 10.1 Å². The summed E-state index contributed by atoms with van der Waals surface area (Å²) in [5.74, 6) is 4.22. The maximum absolute atomic E-state index is 9.65. The summed E-state index contributed by atoms with van der Waals surface area (Å²) >= 11 is 0. The Labute approximate surface area is 43.4 Å². The molecule has 0 spiro atoms. The molecule has 46 valence electrons. The zero-order valence-corrected chi connectivity index (χ0v) is 4.03. The highest BCUT2D eigenvalue weighted by atomic mass is 32.2. The Balaban J connectivity index is 0. The third-order valence-corrected chi connectivity index (χ3v) is 0.524. The lowest BCUT2D eigenvalue weighted by Gasteiger charge is -1.83. The van der Waals surface area contributed by atoms with E-state index in [0.717, 1.165) is 6.26 Å². The first-order chi connectivity index (χ1) is 2.56. The van der Waals surface area contributed by atoms with Crippen molar-refractivity contribution in [3.63, 3.8) is 0 Å². The van der Waals surface area contributed by atoms with Crippen molar-refractivity contribution in [2.45, 2.75) is 7.43 Å². The van der Waals surface area contributed by atoms with Crippen LogP contribution in [0.2, 0.25) is 0 Å². The molecule has 0 unspecified atom stereocenters. The molecule has 0 atom stereocenters. The van der Waals surface area contributed by atoms with E-state index in [4.69, 9.17) is 0 Å². The van der Waals surface area contributed by atoms with Crippen LogP contribution in [0.15, 0.2) is 0 Å². The molecule has 0 saturated heterocycles. The van der Waals surface area contributed by atoms with Crippen molar-refractivity contribution in [1.82, 2.24) is 0 Å². The van der Waals surface area contributed by atoms with E-state index in [1.807, 2.05) is 0 Å². The van der Waals surface area contributed by atoms with Crippen LogP contribution in [0.3, 0.4) is 0 Å². The average molecular weight is 127 g/mol. The van der Waals surface area contributed by atoms with Gasteiger partial charge in [0, 0.05) is 0 Å². The Morgan fingerprint density at radius 2 is 1.71 bits per heavy atom. The lowest BCUT2D eigenvalue weighted by Crippen LogP contribution is -2.07. The minimum absolute atomic E-state index is 0. The van der Waals surface area contributed by atoms with Crippen molar-refractivity contribution in [3.8, 4) is 0 Å². The monoisotopic (exact) mass is 127 g/mol. The van der Waals surface area contributed by atoms with Gasteiger partial charge in [0.1, 0.15) is 0 Å². The number of hydrogen-bond acceptors (Lipinski definition) is 4. The molecule has 2 N–H and O–H groups in total. The van der Waals surface area contributed by atoms with E-state index >= 15 is 0 Å². The van der Waals surface area contributed by atoms with Crippen molar-refractivity contribution in [2.24, 2.45) is 5.90 Å². The van der Waals surface area contributed by atoms with Gasteiger partial charge in [0.15, 0.2) is 0 Å². The van der Waals surface area contributed by atoms with Gasteiger partial charge in [-0.25, -0.2) is 0 Å². The Morgan fingerprint density at radius 3 is 1.71 bits per heavy atom. The summed E-state index contributed by atoms with van der Waals surface area (Å²) in [5, 5.41) is 0. The molecule has 7 heavy (non-hydrogen) atoms. The normalized spacial score (nSPS) is 10.0. The average Bonchev–Trinajstić information content (AvgIpc) is 1.35. The summed E-state index contributed by atoms with van der Waals surface area (Å²) < 4.78 is 22.7. The van der Waals surface area contributed by atoms with Crippen LogP contribution in [-0.4, -0.2) is 14.7 Å². The van der Waals surface area contributed by atoms with Crippen molar-refractivity contribution < 1.29 is 12.7 Å². The zero-order chi connectivity index (χ0) is 5.21. The minimum Gasteiger partial charge on any atom is -0.198 e. The van der Waals surface area contributed by atoms with Gasteiger partial charge in [0.05, 0.1) is 6.26 Å². The highest BCUT2D eigenvalue weighted by molar-refractivity contribution is 7.85. The van der Waals surface area contributed by atoms with Crippen LogP contribution in [0, 0.1) is 0 Å². The van der Waals surface area contributed by atoms with E-state index in [-0.39, 0.29) is 7.43 Å². The van der Waals surface area contributed by atoms with Crippen LogP contribution < -0.4 is 5.90 Å². The molecule has 4 nitrogen and oxygen atoms in total. The third kappa shape index (κ3) is 10.7. The maximum Gasteiger partial charge on any atom is 0.280 e. The lowest BCUT2D eigenvalue weighted by molar-refractivity contribution is 0.337. The number of nitrogens with two attached hydrogens (primary N) is 1. The van der Waals surface area contributed by atoms with Gasteiger partial charge in [-0.1, -0.05) is 7.43 Å². The molecule has 0 aromatic carbocycles. The summed E-state index contributed by atoms with van der Waals surface area (Å²) in [6.07, 6.45) is 0.868. The molecule has 0 saturated carbocycles. The smallest absolute Gasteiger partial charge is 0.198 e. The van der Waals surface area contributed by atoms with Gasteiger partial charge in [-0.15, -0.1) is 0 Å². The van der Waals surface area contributed by atoms with Crippen molar-refractivity contribution in [3.05, 3.63) is 0 Å². The van der Waals surface area contributed by atoms with Crippen molar-refractivity contribution in [2.75, 3.05) is 6.26 Å². The zero-order valence-electron chi connectivity index (χ0n) is 3.21. The van der Waals surface area contributed by atoms with Gasteiger partial charge < -0.3 is 0 Å². The Kier molecular flexibility index (Phi) is 4.21. The Hall–Kier alpha value is -0.130. The van der Waals surface area contributed by atoms with Crippen LogP contribution in [0.5, 0.6) is 0 Å². The second-order valence-electron chi connectivity index (χ2n) is 0.800. The molecule has 0 aliphatic carbocycles. The Morgan fingerprint density at radius 1 is 1.57 bits per heavy atom. The molecule has 0 fully saturated rings. The van der Waals surface area contributed by atoms with E-state index < -0.39 is 10.1 Å². The van der Waals surface area contributed by atoms with Gasteiger partial charge in [0.2, 0.25) is 0 Å². The minimum atomic E-state index is -3.38. The quantitative estimate of drug-likeness (QED) is 0.481. The predicted molar refractivity (Wildman–Crippen MR) is 26.8 cm³/mol. The molecule has 0 aliphatic heterocycles. The molecule has 0 aliphatic rings. The van der Waals surface area contributed by atoms with Gasteiger partial charge >= 0.3 is 0 Å². The fourth-order valence-electron chi connectivity index (χ4n) is 0. The second kappa shape index (κ2) is 2.95. The van der Waals surface area contributed by atoms with E-state index in [2.05, 4.69) is 10.2 Å². The summed E-state index contributed by atoms with van der Waals surface area (Å²) in [6.45, 7) is 0. The lowest BCUT2D eigenvalue weighted by atomic mass is 12.0. The molecule has 0 aromatic heterocycles. The topological polar surface area (TPSA) is 69.4 Å². The van der Waals surface area contributed by atoms with E-state index in [1.165, 1.54) is 0 Å².